The largest absolute Gasteiger partial charge is 0.481 e. The summed E-state index contributed by atoms with van der Waals surface area (Å²) in [6.45, 7) is 1.74. The van der Waals surface area contributed by atoms with Gasteiger partial charge in [-0.25, -0.2) is 4.98 Å². The Bertz CT molecular complexity index is 636. The van der Waals surface area contributed by atoms with Crippen LogP contribution in [0.1, 0.15) is 16.1 Å². The highest BCUT2D eigenvalue weighted by Crippen LogP contribution is 2.18. The van der Waals surface area contributed by atoms with E-state index in [1.165, 1.54) is 26.4 Å². The average molecular weight is 309 g/mol. The Balaban J connectivity index is 2.26. The second-order valence-corrected chi connectivity index (χ2v) is 4.44. The lowest BCUT2D eigenvalue weighted by Gasteiger charge is -2.08. The second kappa shape index (κ2) is 6.36. The SMILES string of the molecule is COc1cc(OC)nc(NC(=O)c2cc(C)nc(Cl)c2)n1. The van der Waals surface area contributed by atoms with Crippen molar-refractivity contribution in [1.82, 2.24) is 15.0 Å². The van der Waals surface area contributed by atoms with Crippen LogP contribution in [-0.4, -0.2) is 35.1 Å². The Kier molecular flexibility index (Phi) is 4.54. The van der Waals surface area contributed by atoms with Crippen molar-refractivity contribution < 1.29 is 14.3 Å². The quantitative estimate of drug-likeness (QED) is 0.870. The van der Waals surface area contributed by atoms with Crippen molar-refractivity contribution in [2.24, 2.45) is 0 Å². The van der Waals surface area contributed by atoms with E-state index in [4.69, 9.17) is 21.1 Å². The predicted octanol–water partition coefficient (Wildman–Crippen LogP) is 2.10. The van der Waals surface area contributed by atoms with Crippen LogP contribution in [0.4, 0.5) is 5.95 Å². The minimum atomic E-state index is -0.405. The zero-order valence-electron chi connectivity index (χ0n) is 11.7. The number of carbonyl (C=O) groups excluding carboxylic acids is 1. The molecule has 7 nitrogen and oxygen atoms in total. The smallest absolute Gasteiger partial charge is 0.258 e. The Hall–Kier alpha value is -2.41. The molecule has 0 radical (unpaired) electrons. The molecule has 8 heteroatoms. The number of hydrogen-bond acceptors (Lipinski definition) is 6. The first-order valence-corrected chi connectivity index (χ1v) is 6.32. The summed E-state index contributed by atoms with van der Waals surface area (Å²) in [6.07, 6.45) is 0. The van der Waals surface area contributed by atoms with E-state index in [2.05, 4.69) is 20.3 Å². The topological polar surface area (TPSA) is 86.2 Å². The number of hydrogen-bond donors (Lipinski definition) is 1. The van der Waals surface area contributed by atoms with Gasteiger partial charge in [0.25, 0.3) is 5.91 Å². The van der Waals surface area contributed by atoms with Gasteiger partial charge in [0.15, 0.2) is 0 Å². The molecule has 0 aliphatic carbocycles. The summed E-state index contributed by atoms with van der Waals surface area (Å²) in [5.74, 6) is 0.224. The van der Waals surface area contributed by atoms with Crippen molar-refractivity contribution in [2.45, 2.75) is 6.92 Å². The first kappa shape index (κ1) is 15.0. The number of methoxy groups -OCH3 is 2. The van der Waals surface area contributed by atoms with Crippen LogP contribution in [0, 0.1) is 6.92 Å². The highest BCUT2D eigenvalue weighted by Gasteiger charge is 2.12. The molecule has 0 bridgehead atoms. The highest BCUT2D eigenvalue weighted by molar-refractivity contribution is 6.29. The third-order valence-electron chi connectivity index (χ3n) is 2.51. The van der Waals surface area contributed by atoms with Gasteiger partial charge < -0.3 is 9.47 Å². The molecule has 0 saturated heterocycles. The van der Waals surface area contributed by atoms with Gasteiger partial charge in [0.1, 0.15) is 5.15 Å². The molecule has 2 heterocycles. The van der Waals surface area contributed by atoms with Gasteiger partial charge >= 0.3 is 0 Å². The van der Waals surface area contributed by atoms with Gasteiger partial charge in [0.05, 0.1) is 20.3 Å². The Morgan fingerprint density at radius 2 is 1.71 bits per heavy atom. The molecule has 0 spiro atoms. The van der Waals surface area contributed by atoms with Gasteiger partial charge in [-0.05, 0) is 19.1 Å². The fraction of sp³-hybridized carbons (Fsp3) is 0.231. The first-order valence-electron chi connectivity index (χ1n) is 5.94. The zero-order valence-corrected chi connectivity index (χ0v) is 12.4. The lowest BCUT2D eigenvalue weighted by Crippen LogP contribution is -2.15. The Morgan fingerprint density at radius 3 is 2.24 bits per heavy atom. The van der Waals surface area contributed by atoms with E-state index < -0.39 is 5.91 Å². The number of rotatable bonds is 4. The molecule has 1 amide bonds. The molecule has 0 saturated carbocycles. The molecule has 110 valence electrons. The summed E-state index contributed by atoms with van der Waals surface area (Å²) >= 11 is 5.83. The van der Waals surface area contributed by atoms with E-state index in [9.17, 15) is 4.79 Å². The lowest BCUT2D eigenvalue weighted by atomic mass is 10.2. The molecule has 2 aromatic heterocycles. The summed E-state index contributed by atoms with van der Waals surface area (Å²) in [4.78, 5) is 24.2. The third-order valence-corrected chi connectivity index (χ3v) is 2.70. The van der Waals surface area contributed by atoms with Gasteiger partial charge in [0, 0.05) is 11.3 Å². The number of ether oxygens (including phenoxy) is 2. The molecule has 2 aromatic rings. The van der Waals surface area contributed by atoms with Gasteiger partial charge in [-0.3, -0.25) is 10.1 Å². The monoisotopic (exact) mass is 308 g/mol. The van der Waals surface area contributed by atoms with Crippen LogP contribution in [0.15, 0.2) is 18.2 Å². The second-order valence-electron chi connectivity index (χ2n) is 4.05. The summed E-state index contributed by atoms with van der Waals surface area (Å²) in [5.41, 5.74) is 0.995. The van der Waals surface area contributed by atoms with E-state index in [1.54, 1.807) is 13.0 Å². The fourth-order valence-electron chi connectivity index (χ4n) is 1.60. The van der Waals surface area contributed by atoms with Crippen molar-refractivity contribution in [3.63, 3.8) is 0 Å². The molecule has 21 heavy (non-hydrogen) atoms. The number of carbonyl (C=O) groups is 1. The normalized spacial score (nSPS) is 10.1. The van der Waals surface area contributed by atoms with Crippen LogP contribution >= 0.6 is 11.6 Å². The molecule has 0 fully saturated rings. The van der Waals surface area contributed by atoms with E-state index >= 15 is 0 Å². The maximum Gasteiger partial charge on any atom is 0.258 e. The molecule has 0 aliphatic heterocycles. The average Bonchev–Trinajstić information content (AvgIpc) is 2.45. The molecule has 0 atom stereocenters. The summed E-state index contributed by atoms with van der Waals surface area (Å²) in [5, 5.41) is 2.79. The van der Waals surface area contributed by atoms with E-state index in [0.29, 0.717) is 11.3 Å². The van der Waals surface area contributed by atoms with Crippen LogP contribution in [-0.2, 0) is 0 Å². The summed E-state index contributed by atoms with van der Waals surface area (Å²) in [7, 11) is 2.92. The molecule has 0 unspecified atom stereocenters. The Morgan fingerprint density at radius 1 is 1.10 bits per heavy atom. The van der Waals surface area contributed by atoms with Crippen LogP contribution in [0.3, 0.4) is 0 Å². The zero-order chi connectivity index (χ0) is 15.4. The van der Waals surface area contributed by atoms with Gasteiger partial charge in [-0.2, -0.15) is 9.97 Å². The van der Waals surface area contributed by atoms with E-state index in [1.807, 2.05) is 0 Å². The van der Waals surface area contributed by atoms with E-state index in [0.717, 1.165) is 0 Å². The summed E-state index contributed by atoms with van der Waals surface area (Å²) < 4.78 is 10.0. The molecule has 0 aliphatic rings. The summed E-state index contributed by atoms with van der Waals surface area (Å²) in [6, 6.07) is 4.57. The Labute approximate surface area is 126 Å². The minimum absolute atomic E-state index is 0.0711. The van der Waals surface area contributed by atoms with E-state index in [-0.39, 0.29) is 22.9 Å². The number of aryl methyl sites for hydroxylation is 1. The van der Waals surface area contributed by atoms with Crippen molar-refractivity contribution in [2.75, 3.05) is 19.5 Å². The van der Waals surface area contributed by atoms with Crippen molar-refractivity contribution in [1.29, 1.82) is 0 Å². The van der Waals surface area contributed by atoms with Crippen molar-refractivity contribution in [3.8, 4) is 11.8 Å². The number of nitrogens with zero attached hydrogens (tertiary/aromatic N) is 3. The van der Waals surface area contributed by atoms with Crippen LogP contribution in [0.5, 0.6) is 11.8 Å². The lowest BCUT2D eigenvalue weighted by molar-refractivity contribution is 0.102. The maximum absolute atomic E-state index is 12.2. The highest BCUT2D eigenvalue weighted by atomic mass is 35.5. The number of nitrogens with one attached hydrogen (secondary N) is 1. The molecule has 0 aromatic carbocycles. The molecule has 1 N–H and O–H groups in total. The third kappa shape index (κ3) is 3.79. The van der Waals surface area contributed by atoms with Crippen LogP contribution in [0.25, 0.3) is 0 Å². The number of aromatic nitrogens is 3. The fourth-order valence-corrected chi connectivity index (χ4v) is 1.85. The number of pyridine rings is 1. The number of amides is 1. The van der Waals surface area contributed by atoms with Crippen molar-refractivity contribution >= 4 is 23.5 Å². The first-order chi connectivity index (χ1) is 10.0. The van der Waals surface area contributed by atoms with Crippen LogP contribution < -0.4 is 14.8 Å². The van der Waals surface area contributed by atoms with Gasteiger partial charge in [-0.15, -0.1) is 0 Å². The number of anilines is 1. The van der Waals surface area contributed by atoms with Crippen molar-refractivity contribution in [3.05, 3.63) is 34.6 Å². The predicted molar refractivity (Wildman–Crippen MR) is 77.1 cm³/mol. The number of halogens is 1. The molecular weight excluding hydrogens is 296 g/mol. The minimum Gasteiger partial charge on any atom is -0.481 e. The molecular formula is C13H13ClN4O3. The van der Waals surface area contributed by atoms with Gasteiger partial charge in [-0.1, -0.05) is 11.6 Å². The van der Waals surface area contributed by atoms with Gasteiger partial charge in [0.2, 0.25) is 17.7 Å². The molecule has 2 rings (SSSR count). The maximum atomic E-state index is 12.2. The van der Waals surface area contributed by atoms with Crippen LogP contribution in [0.2, 0.25) is 5.15 Å². The standard InChI is InChI=1S/C13H13ClN4O3/c1-7-4-8(5-9(14)15-7)12(19)18-13-16-10(20-2)6-11(17-13)21-3/h4-6H,1-3H3,(H,16,17,18,19).